The van der Waals surface area contributed by atoms with Crippen molar-refractivity contribution >= 4 is 5.69 Å². The highest BCUT2D eigenvalue weighted by molar-refractivity contribution is 5.47. The van der Waals surface area contributed by atoms with Crippen molar-refractivity contribution < 1.29 is 17.9 Å². The molecule has 0 atom stereocenters. The Morgan fingerprint density at radius 3 is 2.00 bits per heavy atom. The van der Waals surface area contributed by atoms with Gasteiger partial charge in [-0.1, -0.05) is 18.2 Å². The molecule has 0 bridgehead atoms. The molecular formula is C14H12F3NO. The second-order valence-electron chi connectivity index (χ2n) is 3.91. The minimum absolute atomic E-state index is 0.401. The predicted molar refractivity (Wildman–Crippen MR) is 67.5 cm³/mol. The number of ether oxygens (including phenoxy) is 1. The summed E-state index contributed by atoms with van der Waals surface area (Å²) in [5.74, 6) is 1.25. The van der Waals surface area contributed by atoms with Gasteiger partial charge < -0.3 is 10.1 Å². The first-order valence-corrected chi connectivity index (χ1v) is 5.66. The van der Waals surface area contributed by atoms with Gasteiger partial charge in [0.1, 0.15) is 18.0 Å². The molecule has 2 rings (SSSR count). The van der Waals surface area contributed by atoms with Crippen LogP contribution in [-0.2, 0) is 0 Å². The molecule has 2 aromatic rings. The SMILES string of the molecule is FC(F)(F)CNc1ccc(Oc2ccccc2)cc1. The van der Waals surface area contributed by atoms with Gasteiger partial charge in [0, 0.05) is 5.69 Å². The number of halogens is 3. The molecule has 0 aliphatic carbocycles. The zero-order valence-corrected chi connectivity index (χ0v) is 9.95. The van der Waals surface area contributed by atoms with Crippen LogP contribution in [0.15, 0.2) is 54.6 Å². The zero-order valence-electron chi connectivity index (χ0n) is 9.95. The Morgan fingerprint density at radius 1 is 0.842 bits per heavy atom. The number of hydrogen-bond acceptors (Lipinski definition) is 2. The van der Waals surface area contributed by atoms with Gasteiger partial charge >= 0.3 is 6.18 Å². The highest BCUT2D eigenvalue weighted by atomic mass is 19.4. The van der Waals surface area contributed by atoms with E-state index in [1.54, 1.807) is 36.4 Å². The molecule has 0 saturated heterocycles. The molecular weight excluding hydrogens is 255 g/mol. The van der Waals surface area contributed by atoms with Crippen molar-refractivity contribution in [2.24, 2.45) is 0 Å². The van der Waals surface area contributed by atoms with Crippen LogP contribution in [0.1, 0.15) is 0 Å². The zero-order chi connectivity index (χ0) is 13.7. The summed E-state index contributed by atoms with van der Waals surface area (Å²) < 4.78 is 41.6. The average molecular weight is 267 g/mol. The van der Waals surface area contributed by atoms with Crippen LogP contribution in [0.3, 0.4) is 0 Å². The number of para-hydroxylation sites is 1. The van der Waals surface area contributed by atoms with Gasteiger partial charge in [0.05, 0.1) is 0 Å². The Morgan fingerprint density at radius 2 is 1.42 bits per heavy atom. The van der Waals surface area contributed by atoms with Gasteiger partial charge in [-0.2, -0.15) is 13.2 Å². The normalized spacial score (nSPS) is 11.1. The topological polar surface area (TPSA) is 21.3 Å². The summed E-state index contributed by atoms with van der Waals surface area (Å²) in [5.41, 5.74) is 0.401. The molecule has 0 unspecified atom stereocenters. The lowest BCUT2D eigenvalue weighted by atomic mass is 10.3. The highest BCUT2D eigenvalue weighted by Gasteiger charge is 2.26. The van der Waals surface area contributed by atoms with Gasteiger partial charge in [-0.25, -0.2) is 0 Å². The number of rotatable bonds is 4. The van der Waals surface area contributed by atoms with E-state index in [0.717, 1.165) is 0 Å². The van der Waals surface area contributed by atoms with Crippen molar-refractivity contribution in [3.05, 3.63) is 54.6 Å². The van der Waals surface area contributed by atoms with Gasteiger partial charge in [-0.05, 0) is 36.4 Å². The summed E-state index contributed by atoms with van der Waals surface area (Å²) in [5, 5.41) is 2.30. The maximum absolute atomic E-state index is 12.0. The molecule has 2 nitrogen and oxygen atoms in total. The smallest absolute Gasteiger partial charge is 0.405 e. The first-order valence-electron chi connectivity index (χ1n) is 5.66. The van der Waals surface area contributed by atoms with E-state index in [0.29, 0.717) is 17.2 Å². The predicted octanol–water partition coefficient (Wildman–Crippen LogP) is 4.45. The van der Waals surface area contributed by atoms with Crippen LogP contribution >= 0.6 is 0 Å². The number of benzene rings is 2. The number of nitrogens with one attached hydrogen (secondary N) is 1. The Labute approximate surface area is 108 Å². The standard InChI is InChI=1S/C14H12F3NO/c15-14(16,17)10-18-11-6-8-13(9-7-11)19-12-4-2-1-3-5-12/h1-9,18H,10H2. The van der Waals surface area contributed by atoms with Crippen molar-refractivity contribution in [3.8, 4) is 11.5 Å². The summed E-state index contributed by atoms with van der Waals surface area (Å²) in [6.45, 7) is -1.05. The average Bonchev–Trinajstić information content (AvgIpc) is 2.38. The van der Waals surface area contributed by atoms with E-state index in [-0.39, 0.29) is 0 Å². The maximum atomic E-state index is 12.0. The molecule has 1 N–H and O–H groups in total. The van der Waals surface area contributed by atoms with Gasteiger partial charge in [0.2, 0.25) is 0 Å². The minimum Gasteiger partial charge on any atom is -0.457 e. The minimum atomic E-state index is -4.22. The first kappa shape index (κ1) is 13.3. The molecule has 0 fully saturated rings. The molecule has 5 heteroatoms. The summed E-state index contributed by atoms with van der Waals surface area (Å²) in [7, 11) is 0. The van der Waals surface area contributed by atoms with E-state index in [4.69, 9.17) is 4.74 Å². The molecule has 0 heterocycles. The second-order valence-corrected chi connectivity index (χ2v) is 3.91. The van der Waals surface area contributed by atoms with Crippen LogP contribution in [0.5, 0.6) is 11.5 Å². The molecule has 0 aliphatic rings. The van der Waals surface area contributed by atoms with Crippen molar-refractivity contribution in [1.82, 2.24) is 0 Å². The first-order chi connectivity index (χ1) is 9.03. The summed E-state index contributed by atoms with van der Waals surface area (Å²) in [6.07, 6.45) is -4.22. The van der Waals surface area contributed by atoms with E-state index in [1.807, 2.05) is 18.2 Å². The third-order valence-electron chi connectivity index (χ3n) is 2.33. The maximum Gasteiger partial charge on any atom is 0.405 e. The highest BCUT2D eigenvalue weighted by Crippen LogP contribution is 2.23. The molecule has 0 radical (unpaired) electrons. The van der Waals surface area contributed by atoms with Crippen LogP contribution in [0, 0.1) is 0 Å². The third-order valence-corrected chi connectivity index (χ3v) is 2.33. The lowest BCUT2D eigenvalue weighted by Crippen LogP contribution is -2.21. The molecule has 0 spiro atoms. The Bertz CT molecular complexity index is 508. The van der Waals surface area contributed by atoms with Crippen LogP contribution in [0.25, 0.3) is 0 Å². The van der Waals surface area contributed by atoms with Crippen LogP contribution in [-0.4, -0.2) is 12.7 Å². The fraction of sp³-hybridized carbons (Fsp3) is 0.143. The second kappa shape index (κ2) is 5.65. The number of anilines is 1. The number of hydrogen-bond donors (Lipinski definition) is 1. The molecule has 2 aromatic carbocycles. The van der Waals surface area contributed by atoms with Crippen molar-refractivity contribution in [2.75, 3.05) is 11.9 Å². The van der Waals surface area contributed by atoms with E-state index in [9.17, 15) is 13.2 Å². The fourth-order valence-electron chi connectivity index (χ4n) is 1.47. The largest absolute Gasteiger partial charge is 0.457 e. The fourth-order valence-corrected chi connectivity index (χ4v) is 1.47. The van der Waals surface area contributed by atoms with Gasteiger partial charge in [0.15, 0.2) is 0 Å². The summed E-state index contributed by atoms with van der Waals surface area (Å²) in [4.78, 5) is 0. The molecule has 0 aliphatic heterocycles. The van der Waals surface area contributed by atoms with Crippen molar-refractivity contribution in [2.45, 2.75) is 6.18 Å². The van der Waals surface area contributed by atoms with Gasteiger partial charge in [-0.15, -0.1) is 0 Å². The summed E-state index contributed by atoms with van der Waals surface area (Å²) >= 11 is 0. The molecule has 0 saturated carbocycles. The Hall–Kier alpha value is -2.17. The van der Waals surface area contributed by atoms with Crippen molar-refractivity contribution in [1.29, 1.82) is 0 Å². The lowest BCUT2D eigenvalue weighted by Gasteiger charge is -2.10. The Kier molecular flexibility index (Phi) is 3.94. The lowest BCUT2D eigenvalue weighted by molar-refractivity contribution is -0.115. The van der Waals surface area contributed by atoms with Gasteiger partial charge in [-0.3, -0.25) is 0 Å². The van der Waals surface area contributed by atoms with Gasteiger partial charge in [0.25, 0.3) is 0 Å². The van der Waals surface area contributed by atoms with Crippen LogP contribution in [0.4, 0.5) is 18.9 Å². The van der Waals surface area contributed by atoms with Crippen LogP contribution < -0.4 is 10.1 Å². The van der Waals surface area contributed by atoms with E-state index < -0.39 is 12.7 Å². The summed E-state index contributed by atoms with van der Waals surface area (Å²) in [6, 6.07) is 15.5. The number of alkyl halides is 3. The monoisotopic (exact) mass is 267 g/mol. The Balaban J connectivity index is 1.95. The van der Waals surface area contributed by atoms with E-state index >= 15 is 0 Å². The quantitative estimate of drug-likeness (QED) is 0.883. The van der Waals surface area contributed by atoms with Crippen LogP contribution in [0.2, 0.25) is 0 Å². The molecule has 0 amide bonds. The third kappa shape index (κ3) is 4.54. The molecule has 0 aromatic heterocycles. The molecule has 19 heavy (non-hydrogen) atoms. The van der Waals surface area contributed by atoms with Crippen molar-refractivity contribution in [3.63, 3.8) is 0 Å². The van der Waals surface area contributed by atoms with E-state index in [2.05, 4.69) is 5.32 Å². The van der Waals surface area contributed by atoms with E-state index in [1.165, 1.54) is 0 Å². The molecule has 100 valence electrons.